The smallest absolute Gasteiger partial charge is 0.352 e. The molecule has 3 aromatic rings. The molecule has 6 nitrogen and oxygen atoms in total. The van der Waals surface area contributed by atoms with Crippen molar-refractivity contribution in [1.82, 2.24) is 19.9 Å². The fourth-order valence-electron chi connectivity index (χ4n) is 4.51. The zero-order valence-electron chi connectivity index (χ0n) is 17.8. The zero-order chi connectivity index (χ0) is 23.2. The van der Waals surface area contributed by atoms with Gasteiger partial charge in [0.25, 0.3) is 5.91 Å². The number of piperidine rings is 1. The summed E-state index contributed by atoms with van der Waals surface area (Å²) in [7, 11) is 0. The summed E-state index contributed by atoms with van der Waals surface area (Å²) in [5, 5.41) is 3.73. The van der Waals surface area contributed by atoms with Gasteiger partial charge in [-0.25, -0.2) is 15.0 Å². The number of hydrogen-bond donors (Lipinski definition) is 1. The van der Waals surface area contributed by atoms with E-state index in [9.17, 15) is 18.0 Å². The molecule has 1 saturated heterocycles. The van der Waals surface area contributed by atoms with E-state index in [1.807, 2.05) is 42.2 Å². The number of benzene rings is 1. The average Bonchev–Trinajstić information content (AvgIpc) is 3.49. The molecule has 172 valence electrons. The Morgan fingerprint density at radius 1 is 1.18 bits per heavy atom. The highest BCUT2D eigenvalue weighted by molar-refractivity contribution is 7.15. The molecule has 5 rings (SSSR count). The number of aromatic nitrogens is 3. The molecule has 0 bridgehead atoms. The topological polar surface area (TPSA) is 71.0 Å². The van der Waals surface area contributed by atoms with Crippen molar-refractivity contribution < 1.29 is 18.0 Å². The van der Waals surface area contributed by atoms with E-state index in [4.69, 9.17) is 0 Å². The van der Waals surface area contributed by atoms with Gasteiger partial charge in [-0.1, -0.05) is 30.3 Å². The van der Waals surface area contributed by atoms with E-state index in [-0.39, 0.29) is 30.5 Å². The third-order valence-corrected chi connectivity index (χ3v) is 7.18. The molecule has 1 aliphatic heterocycles. The summed E-state index contributed by atoms with van der Waals surface area (Å²) < 4.78 is 38.9. The van der Waals surface area contributed by atoms with Gasteiger partial charge in [0.05, 0.1) is 9.88 Å². The number of nitrogens with one attached hydrogen (secondary N) is 1. The summed E-state index contributed by atoms with van der Waals surface area (Å²) in [5.41, 5.74) is 0.392. The van der Waals surface area contributed by atoms with Gasteiger partial charge >= 0.3 is 6.18 Å². The molecule has 2 aromatic heterocycles. The molecule has 2 aliphatic rings. The monoisotopic (exact) mass is 473 g/mol. The Hall–Kier alpha value is -3.01. The van der Waals surface area contributed by atoms with Crippen molar-refractivity contribution in [3.05, 3.63) is 59.0 Å². The first-order chi connectivity index (χ1) is 15.8. The number of amides is 1. The number of alkyl halides is 3. The van der Waals surface area contributed by atoms with Gasteiger partial charge in [-0.15, -0.1) is 11.3 Å². The Kier molecular flexibility index (Phi) is 5.55. The predicted molar refractivity (Wildman–Crippen MR) is 119 cm³/mol. The zero-order valence-corrected chi connectivity index (χ0v) is 18.7. The van der Waals surface area contributed by atoms with Crippen molar-refractivity contribution >= 4 is 23.2 Å². The second-order valence-corrected chi connectivity index (χ2v) is 9.63. The van der Waals surface area contributed by atoms with Crippen LogP contribution in [0.1, 0.15) is 40.5 Å². The van der Waals surface area contributed by atoms with Crippen LogP contribution in [-0.4, -0.2) is 44.4 Å². The van der Waals surface area contributed by atoms with E-state index in [1.165, 1.54) is 11.3 Å². The van der Waals surface area contributed by atoms with Crippen LogP contribution in [0.2, 0.25) is 0 Å². The molecule has 0 radical (unpaired) electrons. The molecule has 0 spiro atoms. The fraction of sp³-hybridized carbons (Fsp3) is 0.391. The van der Waals surface area contributed by atoms with Crippen molar-refractivity contribution in [2.24, 2.45) is 5.92 Å². The highest BCUT2D eigenvalue weighted by Crippen LogP contribution is 2.46. The van der Waals surface area contributed by atoms with E-state index < -0.39 is 11.9 Å². The molecule has 33 heavy (non-hydrogen) atoms. The van der Waals surface area contributed by atoms with Crippen LogP contribution in [0.3, 0.4) is 0 Å². The molecule has 10 heteroatoms. The number of likely N-dealkylation sites (tertiary alicyclic amines) is 1. The van der Waals surface area contributed by atoms with Crippen LogP contribution in [0, 0.1) is 12.8 Å². The summed E-state index contributed by atoms with van der Waals surface area (Å²) in [4.78, 5) is 28.5. The summed E-state index contributed by atoms with van der Waals surface area (Å²) in [5.74, 6) is 0.265. The standard InChI is InChI=1S/C23H22F3N5OS/c1-13-29-19(20(33-13)14-5-3-2-4-6-14)21(32)31-16(8-7-15-11-17(15)31)12-28-22-27-10-9-18(30-22)23(24,25)26/h2-6,9-10,15-17H,7-8,11-12H2,1H3,(H,27,28,30). The lowest BCUT2D eigenvalue weighted by Crippen LogP contribution is -2.48. The molecule has 3 unspecified atom stereocenters. The van der Waals surface area contributed by atoms with Crippen molar-refractivity contribution in [2.45, 2.75) is 44.4 Å². The van der Waals surface area contributed by atoms with Gasteiger partial charge in [0, 0.05) is 24.8 Å². The minimum atomic E-state index is -4.54. The first-order valence-electron chi connectivity index (χ1n) is 10.8. The Labute approximate surface area is 192 Å². The number of anilines is 1. The highest BCUT2D eigenvalue weighted by Gasteiger charge is 2.50. The Bertz CT molecular complexity index is 1170. The lowest BCUT2D eigenvalue weighted by Gasteiger charge is -2.35. The first-order valence-corrected chi connectivity index (χ1v) is 11.6. The number of rotatable bonds is 5. The molecule has 3 heterocycles. The quantitative estimate of drug-likeness (QED) is 0.563. The highest BCUT2D eigenvalue weighted by atomic mass is 32.1. The number of carbonyl (C=O) groups is 1. The minimum Gasteiger partial charge on any atom is -0.352 e. The molecule has 1 amide bonds. The first kappa shape index (κ1) is 21.8. The SMILES string of the molecule is Cc1nc(C(=O)N2C(CNc3nccc(C(F)(F)F)n3)CCC3CC32)c(-c2ccccc2)s1. The molecule has 1 N–H and O–H groups in total. The molecule has 1 saturated carbocycles. The van der Waals surface area contributed by atoms with Crippen LogP contribution in [0.4, 0.5) is 19.1 Å². The van der Waals surface area contributed by atoms with E-state index in [1.54, 1.807) is 0 Å². The van der Waals surface area contributed by atoms with E-state index in [0.29, 0.717) is 11.6 Å². The summed E-state index contributed by atoms with van der Waals surface area (Å²) >= 11 is 1.49. The lowest BCUT2D eigenvalue weighted by molar-refractivity contribution is -0.141. The van der Waals surface area contributed by atoms with Gasteiger partial charge in [0.15, 0.2) is 0 Å². The predicted octanol–water partition coefficient (Wildman–Crippen LogP) is 5.03. The number of thiazole rings is 1. The van der Waals surface area contributed by atoms with Crippen molar-refractivity contribution in [3.63, 3.8) is 0 Å². The maximum Gasteiger partial charge on any atom is 0.433 e. The van der Waals surface area contributed by atoms with Gasteiger partial charge in [-0.2, -0.15) is 13.2 Å². The Morgan fingerprint density at radius 2 is 1.97 bits per heavy atom. The third-order valence-electron chi connectivity index (χ3n) is 6.16. The lowest BCUT2D eigenvalue weighted by atomic mass is 10.0. The van der Waals surface area contributed by atoms with Crippen LogP contribution >= 0.6 is 11.3 Å². The summed E-state index contributed by atoms with van der Waals surface area (Å²) in [6.45, 7) is 2.16. The van der Waals surface area contributed by atoms with E-state index in [0.717, 1.165) is 47.0 Å². The second-order valence-electron chi connectivity index (χ2n) is 8.43. The molecule has 1 aliphatic carbocycles. The van der Waals surface area contributed by atoms with E-state index >= 15 is 0 Å². The number of hydrogen-bond acceptors (Lipinski definition) is 6. The molecular formula is C23H22F3N5OS. The van der Waals surface area contributed by atoms with Crippen LogP contribution in [0.15, 0.2) is 42.6 Å². The number of fused-ring (bicyclic) bond motifs is 1. The van der Waals surface area contributed by atoms with Crippen LogP contribution in [-0.2, 0) is 6.18 Å². The van der Waals surface area contributed by atoms with Crippen LogP contribution < -0.4 is 5.32 Å². The average molecular weight is 474 g/mol. The molecule has 2 fully saturated rings. The normalized spacial score (nSPS) is 22.1. The van der Waals surface area contributed by atoms with Gasteiger partial charge in [-0.3, -0.25) is 4.79 Å². The number of aryl methyl sites for hydroxylation is 1. The Morgan fingerprint density at radius 3 is 2.73 bits per heavy atom. The van der Waals surface area contributed by atoms with Crippen molar-refractivity contribution in [3.8, 4) is 10.4 Å². The summed E-state index contributed by atoms with van der Waals surface area (Å²) in [6, 6.07) is 10.5. The molecule has 1 aromatic carbocycles. The van der Waals surface area contributed by atoms with Gasteiger partial charge in [-0.05, 0) is 43.7 Å². The van der Waals surface area contributed by atoms with Crippen LogP contribution in [0.25, 0.3) is 10.4 Å². The van der Waals surface area contributed by atoms with Crippen molar-refractivity contribution in [1.29, 1.82) is 0 Å². The van der Waals surface area contributed by atoms with Gasteiger partial charge in [0.2, 0.25) is 5.95 Å². The largest absolute Gasteiger partial charge is 0.433 e. The fourth-order valence-corrected chi connectivity index (χ4v) is 5.42. The van der Waals surface area contributed by atoms with E-state index in [2.05, 4.69) is 20.3 Å². The number of nitrogens with zero attached hydrogens (tertiary/aromatic N) is 4. The van der Waals surface area contributed by atoms with Crippen LogP contribution in [0.5, 0.6) is 0 Å². The number of carbonyl (C=O) groups excluding carboxylic acids is 1. The molecular weight excluding hydrogens is 451 g/mol. The maximum atomic E-state index is 13.7. The number of halogens is 3. The summed E-state index contributed by atoms with van der Waals surface area (Å²) in [6.07, 6.45) is -0.743. The van der Waals surface area contributed by atoms with Crippen molar-refractivity contribution in [2.75, 3.05) is 11.9 Å². The van der Waals surface area contributed by atoms with Gasteiger partial charge in [0.1, 0.15) is 11.4 Å². The van der Waals surface area contributed by atoms with Gasteiger partial charge < -0.3 is 10.2 Å². The maximum absolute atomic E-state index is 13.7. The second kappa shape index (κ2) is 8.40. The Balaban J connectivity index is 1.38. The molecule has 3 atom stereocenters. The third kappa shape index (κ3) is 4.44. The minimum absolute atomic E-state index is 0.0929.